The lowest BCUT2D eigenvalue weighted by Gasteiger charge is -2.28. The maximum Gasteiger partial charge on any atom is 0.203 e. The fourth-order valence-corrected chi connectivity index (χ4v) is 4.28. The first kappa shape index (κ1) is 18.8. The van der Waals surface area contributed by atoms with Crippen LogP contribution >= 0.6 is 0 Å². The van der Waals surface area contributed by atoms with Gasteiger partial charge in [-0.2, -0.15) is 10.3 Å². The number of hydrogen-bond acceptors (Lipinski definition) is 5. The average molecular weight is 382 g/mol. The van der Waals surface area contributed by atoms with E-state index in [1.165, 1.54) is 31.7 Å². The fourth-order valence-electron chi connectivity index (χ4n) is 4.28. The highest BCUT2D eigenvalue weighted by atomic mass is 19.1. The highest BCUT2D eigenvalue weighted by Crippen LogP contribution is 2.34. The number of benzene rings is 1. The van der Waals surface area contributed by atoms with E-state index in [2.05, 4.69) is 32.6 Å². The van der Waals surface area contributed by atoms with Gasteiger partial charge in [0.05, 0.1) is 0 Å². The van der Waals surface area contributed by atoms with Crippen LogP contribution in [0.2, 0.25) is 0 Å². The van der Waals surface area contributed by atoms with Gasteiger partial charge in [0, 0.05) is 12.0 Å². The third-order valence-electron chi connectivity index (χ3n) is 5.88. The van der Waals surface area contributed by atoms with Crippen molar-refractivity contribution in [3.63, 3.8) is 0 Å². The second-order valence-corrected chi connectivity index (χ2v) is 7.91. The molecule has 7 heteroatoms. The van der Waals surface area contributed by atoms with Gasteiger partial charge in [0.2, 0.25) is 5.65 Å². The molecule has 1 fully saturated rings. The Morgan fingerprint density at radius 1 is 1.18 bits per heavy atom. The molecule has 2 aromatic heterocycles. The SMILES string of the molecule is CC1CCC(NCCC(c2ccccc2F)c2cc(N)nc3n[nH]nc23)CC1. The van der Waals surface area contributed by atoms with E-state index in [1.807, 2.05) is 12.1 Å². The topological polar surface area (TPSA) is 92.5 Å². The molecule has 1 aliphatic rings. The number of aromatic nitrogens is 4. The predicted molar refractivity (Wildman–Crippen MR) is 108 cm³/mol. The second-order valence-electron chi connectivity index (χ2n) is 7.91. The van der Waals surface area contributed by atoms with Gasteiger partial charge in [0.15, 0.2) is 0 Å². The molecule has 1 aliphatic carbocycles. The van der Waals surface area contributed by atoms with Crippen LogP contribution in [0.4, 0.5) is 10.2 Å². The van der Waals surface area contributed by atoms with E-state index >= 15 is 0 Å². The highest BCUT2D eigenvalue weighted by Gasteiger charge is 2.24. The standard InChI is InChI=1S/C21H27FN6/c1-13-6-8-14(9-7-13)24-11-10-15(16-4-2-3-5-18(16)22)17-12-19(23)25-21-20(17)26-28-27-21/h2-5,12-15,24H,6-11H2,1H3,(H3,23,25,26,27,28). The molecular weight excluding hydrogens is 355 g/mol. The zero-order valence-electron chi connectivity index (χ0n) is 16.2. The summed E-state index contributed by atoms with van der Waals surface area (Å²) in [6.07, 6.45) is 5.71. The first-order valence-electron chi connectivity index (χ1n) is 10.1. The van der Waals surface area contributed by atoms with Gasteiger partial charge in [-0.05, 0) is 67.8 Å². The Balaban J connectivity index is 1.59. The number of rotatable bonds is 6. The van der Waals surface area contributed by atoms with Crippen LogP contribution in [-0.4, -0.2) is 33.0 Å². The molecule has 0 radical (unpaired) electrons. The third kappa shape index (κ3) is 3.99. The summed E-state index contributed by atoms with van der Waals surface area (Å²) in [5, 5.41) is 14.6. The van der Waals surface area contributed by atoms with E-state index in [1.54, 1.807) is 12.1 Å². The summed E-state index contributed by atoms with van der Waals surface area (Å²) in [5.41, 5.74) is 8.62. The molecule has 0 saturated heterocycles. The summed E-state index contributed by atoms with van der Waals surface area (Å²) in [6.45, 7) is 3.13. The molecule has 1 atom stereocenters. The van der Waals surface area contributed by atoms with Crippen LogP contribution < -0.4 is 11.1 Å². The molecule has 4 rings (SSSR count). The van der Waals surface area contributed by atoms with Crippen molar-refractivity contribution in [2.45, 2.75) is 51.0 Å². The molecule has 28 heavy (non-hydrogen) atoms. The van der Waals surface area contributed by atoms with Crippen molar-refractivity contribution >= 4 is 17.0 Å². The van der Waals surface area contributed by atoms with E-state index in [4.69, 9.17) is 5.73 Å². The molecule has 1 unspecified atom stereocenters. The first-order chi connectivity index (χ1) is 13.6. The maximum atomic E-state index is 14.7. The number of nitrogens with one attached hydrogen (secondary N) is 2. The van der Waals surface area contributed by atoms with Crippen molar-refractivity contribution in [2.75, 3.05) is 12.3 Å². The quantitative estimate of drug-likeness (QED) is 0.604. The van der Waals surface area contributed by atoms with Gasteiger partial charge in [-0.15, -0.1) is 5.10 Å². The summed E-state index contributed by atoms with van der Waals surface area (Å²) >= 11 is 0. The lowest BCUT2D eigenvalue weighted by atomic mass is 9.86. The normalized spacial score (nSPS) is 21.1. The smallest absolute Gasteiger partial charge is 0.203 e. The summed E-state index contributed by atoms with van der Waals surface area (Å²) in [5.74, 6) is 0.802. The molecule has 0 aliphatic heterocycles. The van der Waals surface area contributed by atoms with Gasteiger partial charge >= 0.3 is 0 Å². The Kier molecular flexibility index (Phi) is 5.52. The fraction of sp³-hybridized carbons (Fsp3) is 0.476. The molecule has 4 N–H and O–H groups in total. The van der Waals surface area contributed by atoms with Crippen LogP contribution in [0.15, 0.2) is 30.3 Å². The number of aromatic amines is 1. The van der Waals surface area contributed by atoms with Crippen molar-refractivity contribution < 1.29 is 4.39 Å². The van der Waals surface area contributed by atoms with E-state index in [0.717, 1.165) is 24.4 Å². The molecule has 6 nitrogen and oxygen atoms in total. The van der Waals surface area contributed by atoms with Gasteiger partial charge in [0.25, 0.3) is 0 Å². The largest absolute Gasteiger partial charge is 0.384 e. The zero-order chi connectivity index (χ0) is 19.5. The van der Waals surface area contributed by atoms with Gasteiger partial charge in [-0.3, -0.25) is 0 Å². The summed E-state index contributed by atoms with van der Waals surface area (Å²) in [7, 11) is 0. The number of pyridine rings is 1. The van der Waals surface area contributed by atoms with Crippen LogP contribution in [0.3, 0.4) is 0 Å². The molecule has 0 spiro atoms. The number of anilines is 1. The minimum atomic E-state index is -0.217. The predicted octanol–water partition coefficient (Wildman–Crippen LogP) is 3.76. The van der Waals surface area contributed by atoms with Crippen molar-refractivity contribution in [2.24, 2.45) is 5.92 Å². The maximum absolute atomic E-state index is 14.7. The number of H-pyrrole nitrogens is 1. The van der Waals surface area contributed by atoms with Gasteiger partial charge < -0.3 is 11.1 Å². The Morgan fingerprint density at radius 2 is 1.96 bits per heavy atom. The zero-order valence-corrected chi connectivity index (χ0v) is 16.2. The van der Waals surface area contributed by atoms with E-state index < -0.39 is 0 Å². The minimum absolute atomic E-state index is 0.172. The summed E-state index contributed by atoms with van der Waals surface area (Å²) < 4.78 is 14.7. The lowest BCUT2D eigenvalue weighted by molar-refractivity contribution is 0.306. The molecule has 0 bridgehead atoms. The van der Waals surface area contributed by atoms with Crippen LogP contribution in [0.1, 0.15) is 56.1 Å². The Labute approximate surface area is 164 Å². The van der Waals surface area contributed by atoms with Crippen molar-refractivity contribution in [1.82, 2.24) is 25.7 Å². The monoisotopic (exact) mass is 382 g/mol. The lowest BCUT2D eigenvalue weighted by Crippen LogP contribution is -2.34. The molecule has 148 valence electrons. The minimum Gasteiger partial charge on any atom is -0.384 e. The molecule has 2 heterocycles. The number of hydrogen-bond donors (Lipinski definition) is 3. The molecular formula is C21H27FN6. The Bertz CT molecular complexity index is 932. The average Bonchev–Trinajstić information content (AvgIpc) is 3.15. The van der Waals surface area contributed by atoms with Crippen molar-refractivity contribution in [1.29, 1.82) is 0 Å². The Hall–Kier alpha value is -2.54. The van der Waals surface area contributed by atoms with Gasteiger partial charge in [0.1, 0.15) is 17.2 Å². The number of fused-ring (bicyclic) bond motifs is 1. The summed E-state index contributed by atoms with van der Waals surface area (Å²) in [4.78, 5) is 4.22. The van der Waals surface area contributed by atoms with Crippen LogP contribution in [0, 0.1) is 11.7 Å². The van der Waals surface area contributed by atoms with Crippen molar-refractivity contribution in [3.05, 3.63) is 47.3 Å². The number of nitrogens with zero attached hydrogens (tertiary/aromatic N) is 3. The number of halogens is 1. The third-order valence-corrected chi connectivity index (χ3v) is 5.88. The van der Waals surface area contributed by atoms with E-state index in [9.17, 15) is 4.39 Å². The van der Waals surface area contributed by atoms with Crippen LogP contribution in [0.5, 0.6) is 0 Å². The van der Waals surface area contributed by atoms with Gasteiger partial charge in [-0.1, -0.05) is 25.1 Å². The number of nitrogens with two attached hydrogens (primary N) is 1. The van der Waals surface area contributed by atoms with E-state index in [0.29, 0.717) is 28.6 Å². The van der Waals surface area contributed by atoms with Crippen LogP contribution in [0.25, 0.3) is 11.2 Å². The molecule has 1 saturated carbocycles. The molecule has 0 amide bonds. The first-order valence-corrected chi connectivity index (χ1v) is 10.1. The second kappa shape index (κ2) is 8.22. The van der Waals surface area contributed by atoms with Crippen LogP contribution in [-0.2, 0) is 0 Å². The van der Waals surface area contributed by atoms with Crippen molar-refractivity contribution in [3.8, 4) is 0 Å². The Morgan fingerprint density at radius 3 is 2.75 bits per heavy atom. The van der Waals surface area contributed by atoms with Gasteiger partial charge in [-0.25, -0.2) is 9.37 Å². The number of nitrogen functional groups attached to an aromatic ring is 1. The highest BCUT2D eigenvalue weighted by molar-refractivity contribution is 5.77. The molecule has 3 aromatic rings. The van der Waals surface area contributed by atoms with E-state index in [-0.39, 0.29) is 11.7 Å². The molecule has 1 aromatic carbocycles. The summed E-state index contributed by atoms with van der Waals surface area (Å²) in [6, 6.07) is 9.26.